The standard InChI is InChI=1S/C15H37IO3Si3/c1-7-20(8-2,9-3)18-22(17,15-13-14-16)19-21(10-4,11-5)12-6/h17H,7-15H2,1-6H3. The molecule has 22 heavy (non-hydrogen) atoms. The molecule has 0 atom stereocenters. The van der Waals surface area contributed by atoms with E-state index >= 15 is 0 Å². The van der Waals surface area contributed by atoms with E-state index in [9.17, 15) is 4.80 Å². The second kappa shape index (κ2) is 11.0. The van der Waals surface area contributed by atoms with Crippen molar-refractivity contribution in [1.29, 1.82) is 0 Å². The van der Waals surface area contributed by atoms with Crippen LogP contribution < -0.4 is 0 Å². The van der Waals surface area contributed by atoms with Crippen LogP contribution in [-0.2, 0) is 8.23 Å². The van der Waals surface area contributed by atoms with Crippen LogP contribution in [0.2, 0.25) is 42.3 Å². The first kappa shape index (κ1) is 23.3. The normalized spacial score (nSPS) is 13.6. The molecule has 0 aromatic carbocycles. The van der Waals surface area contributed by atoms with Crippen molar-refractivity contribution >= 4 is 48.0 Å². The van der Waals surface area contributed by atoms with Crippen molar-refractivity contribution in [3.63, 3.8) is 0 Å². The minimum absolute atomic E-state index is 0.736. The molecular weight excluding hydrogens is 439 g/mol. The van der Waals surface area contributed by atoms with Gasteiger partial charge < -0.3 is 13.0 Å². The minimum Gasteiger partial charge on any atom is -0.416 e. The van der Waals surface area contributed by atoms with Gasteiger partial charge in [0.1, 0.15) is 0 Å². The number of hydrogen-bond donors (Lipinski definition) is 1. The lowest BCUT2D eigenvalue weighted by molar-refractivity contribution is 0.235. The Hall–Kier alpha value is 1.26. The third kappa shape index (κ3) is 6.64. The molecule has 0 saturated heterocycles. The quantitative estimate of drug-likeness (QED) is 0.208. The Balaban J connectivity index is 5.37. The Bertz CT molecular complexity index is 259. The molecule has 134 valence electrons. The van der Waals surface area contributed by atoms with Gasteiger partial charge in [-0.1, -0.05) is 64.1 Å². The lowest BCUT2D eigenvalue weighted by atomic mass is 10.6. The zero-order valence-corrected chi connectivity index (χ0v) is 20.7. The van der Waals surface area contributed by atoms with Crippen LogP contribution in [0.1, 0.15) is 48.0 Å². The highest BCUT2D eigenvalue weighted by Gasteiger charge is 2.49. The van der Waals surface area contributed by atoms with Gasteiger partial charge in [0.25, 0.3) is 0 Å². The number of rotatable bonds is 13. The van der Waals surface area contributed by atoms with Crippen LogP contribution in [0.25, 0.3) is 0 Å². The third-order valence-electron chi connectivity index (χ3n) is 5.24. The Morgan fingerprint density at radius 1 is 0.727 bits per heavy atom. The summed E-state index contributed by atoms with van der Waals surface area (Å²) < 4.78 is 14.2. The summed E-state index contributed by atoms with van der Waals surface area (Å²) in [4.78, 5) is 11.4. The molecule has 1 N–H and O–H groups in total. The average Bonchev–Trinajstić information content (AvgIpc) is 2.56. The molecule has 0 bridgehead atoms. The fourth-order valence-corrected chi connectivity index (χ4v) is 18.0. The van der Waals surface area contributed by atoms with Crippen molar-refractivity contribution in [1.82, 2.24) is 0 Å². The summed E-state index contributed by atoms with van der Waals surface area (Å²) in [6.07, 6.45) is 0.993. The topological polar surface area (TPSA) is 38.7 Å². The van der Waals surface area contributed by atoms with E-state index in [4.69, 9.17) is 8.23 Å². The minimum atomic E-state index is -3.05. The summed E-state index contributed by atoms with van der Waals surface area (Å²) in [5, 5.41) is 0. The monoisotopic (exact) mass is 476 g/mol. The molecule has 0 aliphatic heterocycles. The van der Waals surface area contributed by atoms with E-state index in [1.807, 2.05) is 0 Å². The Labute approximate surface area is 155 Å². The molecule has 0 rings (SSSR count). The number of alkyl halides is 1. The maximum atomic E-state index is 11.4. The van der Waals surface area contributed by atoms with E-state index in [1.54, 1.807) is 0 Å². The van der Waals surface area contributed by atoms with Crippen molar-refractivity contribution < 1.29 is 13.0 Å². The average molecular weight is 477 g/mol. The van der Waals surface area contributed by atoms with Gasteiger partial charge in [0.2, 0.25) is 0 Å². The summed E-state index contributed by atoms with van der Waals surface area (Å²) in [5.74, 6) is 0. The highest BCUT2D eigenvalue weighted by atomic mass is 127. The van der Waals surface area contributed by atoms with E-state index in [-0.39, 0.29) is 0 Å². The van der Waals surface area contributed by atoms with Crippen molar-refractivity contribution in [2.75, 3.05) is 4.43 Å². The smallest absolute Gasteiger partial charge is 0.416 e. The van der Waals surface area contributed by atoms with Gasteiger partial charge in [0.15, 0.2) is 16.6 Å². The molecule has 0 fully saturated rings. The summed E-state index contributed by atoms with van der Waals surface area (Å²) >= 11 is 2.38. The lowest BCUT2D eigenvalue weighted by Gasteiger charge is -2.42. The van der Waals surface area contributed by atoms with Crippen LogP contribution >= 0.6 is 22.6 Å². The van der Waals surface area contributed by atoms with Gasteiger partial charge >= 0.3 is 8.80 Å². The fraction of sp³-hybridized carbons (Fsp3) is 1.00. The lowest BCUT2D eigenvalue weighted by Crippen LogP contribution is -2.58. The molecule has 0 heterocycles. The zero-order chi connectivity index (χ0) is 17.3. The molecule has 0 spiro atoms. The van der Waals surface area contributed by atoms with E-state index < -0.39 is 25.4 Å². The molecule has 0 aromatic heterocycles. The molecule has 0 aromatic rings. The van der Waals surface area contributed by atoms with Gasteiger partial charge in [0.05, 0.1) is 0 Å². The third-order valence-corrected chi connectivity index (χ3v) is 20.7. The van der Waals surface area contributed by atoms with Crippen LogP contribution in [0, 0.1) is 0 Å². The van der Waals surface area contributed by atoms with Crippen LogP contribution in [0.4, 0.5) is 0 Å². The van der Waals surface area contributed by atoms with Crippen molar-refractivity contribution in [3.8, 4) is 0 Å². The van der Waals surface area contributed by atoms with Crippen LogP contribution in [0.5, 0.6) is 0 Å². The summed E-state index contributed by atoms with van der Waals surface area (Å²) in [6, 6.07) is 7.16. The zero-order valence-electron chi connectivity index (χ0n) is 15.5. The maximum absolute atomic E-state index is 11.4. The van der Waals surface area contributed by atoms with Crippen molar-refractivity contribution in [2.24, 2.45) is 0 Å². The second-order valence-electron chi connectivity index (χ2n) is 6.20. The molecule has 0 unspecified atom stereocenters. The molecular formula is C15H37IO3Si3. The summed E-state index contributed by atoms with van der Waals surface area (Å²) in [6.45, 7) is 13.3. The molecule has 3 nitrogen and oxygen atoms in total. The fourth-order valence-electron chi connectivity index (χ4n) is 3.02. The van der Waals surface area contributed by atoms with Crippen molar-refractivity contribution in [2.45, 2.75) is 90.3 Å². The summed E-state index contributed by atoms with van der Waals surface area (Å²) in [5.41, 5.74) is 0. The van der Waals surface area contributed by atoms with E-state index in [2.05, 4.69) is 64.1 Å². The number of halogens is 1. The van der Waals surface area contributed by atoms with E-state index in [1.165, 1.54) is 0 Å². The SMILES string of the molecule is CC[Si](CC)(CC)O[Si](O)(CCCI)O[Si](CC)(CC)CC. The Morgan fingerprint density at radius 3 is 1.27 bits per heavy atom. The second-order valence-corrected chi connectivity index (χ2v) is 19.8. The predicted molar refractivity (Wildman–Crippen MR) is 113 cm³/mol. The summed E-state index contributed by atoms with van der Waals surface area (Å²) in [7, 11) is -6.72. The molecule has 0 saturated carbocycles. The molecule has 7 heteroatoms. The first-order chi connectivity index (χ1) is 10.3. The Kier molecular flexibility index (Phi) is 11.6. The van der Waals surface area contributed by atoms with Gasteiger partial charge in [-0.05, 0) is 47.1 Å². The maximum Gasteiger partial charge on any atom is 0.477 e. The highest BCUT2D eigenvalue weighted by Crippen LogP contribution is 2.33. The first-order valence-corrected chi connectivity index (χ1v) is 17.6. The van der Waals surface area contributed by atoms with Gasteiger partial charge in [-0.2, -0.15) is 0 Å². The molecule has 0 aliphatic carbocycles. The van der Waals surface area contributed by atoms with E-state index in [0.29, 0.717) is 0 Å². The van der Waals surface area contributed by atoms with Gasteiger partial charge in [-0.15, -0.1) is 0 Å². The molecule has 0 amide bonds. The molecule has 0 aliphatic rings. The number of hydrogen-bond acceptors (Lipinski definition) is 3. The van der Waals surface area contributed by atoms with Crippen LogP contribution in [0.15, 0.2) is 0 Å². The Morgan fingerprint density at radius 2 is 1.05 bits per heavy atom. The van der Waals surface area contributed by atoms with Crippen molar-refractivity contribution in [3.05, 3.63) is 0 Å². The van der Waals surface area contributed by atoms with Crippen LogP contribution in [-0.4, -0.2) is 34.7 Å². The predicted octanol–water partition coefficient (Wildman–Crippen LogP) is 5.79. The molecule has 0 radical (unpaired) electrons. The van der Waals surface area contributed by atoms with Gasteiger partial charge in [-0.25, -0.2) is 0 Å². The highest BCUT2D eigenvalue weighted by molar-refractivity contribution is 14.1. The largest absolute Gasteiger partial charge is 0.477 e. The van der Waals surface area contributed by atoms with E-state index in [0.717, 1.165) is 53.2 Å². The van der Waals surface area contributed by atoms with Crippen LogP contribution in [0.3, 0.4) is 0 Å². The van der Waals surface area contributed by atoms with Gasteiger partial charge in [-0.3, -0.25) is 0 Å². The van der Waals surface area contributed by atoms with Gasteiger partial charge in [0, 0.05) is 6.04 Å². The first-order valence-electron chi connectivity index (χ1n) is 9.02.